The molecular weight excluding hydrogens is 568 g/mol. The van der Waals surface area contributed by atoms with Gasteiger partial charge in [0.05, 0.1) is 38.7 Å². The molecule has 0 bridgehead atoms. The first-order chi connectivity index (χ1) is 20.5. The van der Waals surface area contributed by atoms with Gasteiger partial charge >= 0.3 is 5.97 Å². The molecule has 2 aromatic rings. The SMILES string of the molecule is CCC(=O)O.COc1cccc(OC)c1C(=O)C(=O)NC1CN(C(=O)CO)c2ccccc2N(CC(=O)NCC=O)C1=O. The average Bonchev–Trinajstić information content (AvgIpc) is 3.13. The normalized spacial score (nSPS) is 13.8. The predicted molar refractivity (Wildman–Crippen MR) is 151 cm³/mol. The Kier molecular flexibility index (Phi) is 12.8. The Morgan fingerprint density at radius 3 is 2.09 bits per heavy atom. The molecule has 1 atom stereocenters. The van der Waals surface area contributed by atoms with Crippen LogP contribution in [0.15, 0.2) is 42.5 Å². The second kappa shape index (κ2) is 16.2. The zero-order chi connectivity index (χ0) is 32.1. The van der Waals surface area contributed by atoms with E-state index in [0.29, 0.717) is 6.29 Å². The van der Waals surface area contributed by atoms with E-state index in [4.69, 9.17) is 14.6 Å². The molecule has 1 aliphatic rings. The Labute approximate surface area is 246 Å². The number of carboxylic acids is 1. The maximum Gasteiger partial charge on any atom is 0.303 e. The average molecular weight is 601 g/mol. The number of aliphatic hydroxyl groups is 1. The van der Waals surface area contributed by atoms with Crippen molar-refractivity contribution in [2.45, 2.75) is 19.4 Å². The van der Waals surface area contributed by atoms with Gasteiger partial charge in [-0.3, -0.25) is 33.7 Å². The number of Topliss-reactive ketones (excluding diaryl/α,β-unsaturated/α-hetero) is 1. The number of para-hydroxylation sites is 2. The number of carbonyl (C=O) groups excluding carboxylic acids is 6. The molecule has 0 aliphatic carbocycles. The van der Waals surface area contributed by atoms with E-state index in [1.54, 1.807) is 25.1 Å². The van der Waals surface area contributed by atoms with E-state index < -0.39 is 61.1 Å². The highest BCUT2D eigenvalue weighted by Gasteiger charge is 2.38. The summed E-state index contributed by atoms with van der Waals surface area (Å²) in [5, 5.41) is 21.9. The topological polar surface area (TPSA) is 209 Å². The molecule has 4 amide bonds. The van der Waals surface area contributed by atoms with E-state index in [1.807, 2.05) is 0 Å². The minimum absolute atomic E-state index is 0.0645. The first-order valence-electron chi connectivity index (χ1n) is 12.8. The number of hydrogen-bond donors (Lipinski definition) is 4. The molecule has 0 saturated carbocycles. The van der Waals surface area contributed by atoms with Gasteiger partial charge in [0.2, 0.25) is 5.91 Å². The lowest BCUT2D eigenvalue weighted by Crippen LogP contribution is -2.55. The van der Waals surface area contributed by atoms with Crippen molar-refractivity contribution >= 4 is 53.0 Å². The summed E-state index contributed by atoms with van der Waals surface area (Å²) in [5.41, 5.74) is 0.167. The van der Waals surface area contributed by atoms with E-state index in [2.05, 4.69) is 10.6 Å². The van der Waals surface area contributed by atoms with Crippen LogP contribution < -0.4 is 29.9 Å². The third-order valence-corrected chi connectivity index (χ3v) is 5.98. The molecule has 1 unspecified atom stereocenters. The van der Waals surface area contributed by atoms with Crippen LogP contribution in [0.5, 0.6) is 11.5 Å². The third kappa shape index (κ3) is 8.59. The van der Waals surface area contributed by atoms with Crippen molar-refractivity contribution in [3.63, 3.8) is 0 Å². The summed E-state index contributed by atoms with van der Waals surface area (Å²) < 4.78 is 10.4. The van der Waals surface area contributed by atoms with E-state index >= 15 is 0 Å². The van der Waals surface area contributed by atoms with Crippen molar-refractivity contribution in [3.05, 3.63) is 48.0 Å². The molecule has 230 valence electrons. The van der Waals surface area contributed by atoms with Gasteiger partial charge in [-0.25, -0.2) is 0 Å². The minimum Gasteiger partial charge on any atom is -0.496 e. The molecular formula is C28H32N4O11. The number of fused-ring (bicyclic) bond motifs is 1. The number of aliphatic carboxylic acids is 1. The fraction of sp³-hybridized carbons (Fsp3) is 0.321. The van der Waals surface area contributed by atoms with Gasteiger partial charge in [-0.05, 0) is 24.3 Å². The number of ether oxygens (including phenoxy) is 2. The minimum atomic E-state index is -1.49. The lowest BCUT2D eigenvalue weighted by atomic mass is 10.1. The summed E-state index contributed by atoms with van der Waals surface area (Å²) in [6.45, 7) is -0.578. The molecule has 2 aromatic carbocycles. The van der Waals surface area contributed by atoms with E-state index in [-0.39, 0.29) is 41.4 Å². The first-order valence-corrected chi connectivity index (χ1v) is 12.8. The number of ketones is 1. The second-order valence-corrected chi connectivity index (χ2v) is 8.69. The number of amides is 4. The standard InChI is InChI=1S/C25H26N4O9.C3H6O2/c1-37-18-8-5-9-19(38-2)22(18)23(34)24(35)27-15-12-28(21(33)14-31)16-6-3-4-7-17(16)29(25(15)36)13-20(32)26-10-11-30;1-2-3(4)5/h3-9,11,15,31H,10,12-14H2,1-2H3,(H,26,32)(H,27,35);2H2,1H3,(H,4,5). The molecule has 15 heteroatoms. The Morgan fingerprint density at radius 1 is 1.00 bits per heavy atom. The Morgan fingerprint density at radius 2 is 1.58 bits per heavy atom. The molecule has 3 rings (SSSR count). The summed E-state index contributed by atoms with van der Waals surface area (Å²) in [6.07, 6.45) is 0.693. The van der Waals surface area contributed by atoms with Crippen LogP contribution in [0.1, 0.15) is 23.7 Å². The molecule has 0 radical (unpaired) electrons. The molecule has 0 saturated heterocycles. The Balaban J connectivity index is 0.00000119. The van der Waals surface area contributed by atoms with Crippen molar-refractivity contribution < 1.29 is 53.2 Å². The van der Waals surface area contributed by atoms with Crippen LogP contribution >= 0.6 is 0 Å². The van der Waals surface area contributed by atoms with Gasteiger partial charge < -0.3 is 40.0 Å². The molecule has 1 aliphatic heterocycles. The van der Waals surface area contributed by atoms with Crippen molar-refractivity contribution in [2.24, 2.45) is 0 Å². The smallest absolute Gasteiger partial charge is 0.303 e. The zero-order valence-electron chi connectivity index (χ0n) is 23.7. The number of nitrogens with one attached hydrogen (secondary N) is 2. The van der Waals surface area contributed by atoms with Gasteiger partial charge in [-0.1, -0.05) is 25.1 Å². The van der Waals surface area contributed by atoms with Gasteiger partial charge in [0.1, 0.15) is 42.5 Å². The lowest BCUT2D eigenvalue weighted by molar-refractivity contribution is -0.136. The number of rotatable bonds is 11. The number of carboxylic acid groups (broad SMARTS) is 1. The van der Waals surface area contributed by atoms with Crippen molar-refractivity contribution in [1.82, 2.24) is 10.6 Å². The largest absolute Gasteiger partial charge is 0.496 e. The highest BCUT2D eigenvalue weighted by atomic mass is 16.5. The zero-order valence-corrected chi connectivity index (χ0v) is 23.7. The molecule has 0 fully saturated rings. The monoisotopic (exact) mass is 600 g/mol. The number of anilines is 2. The molecule has 15 nitrogen and oxygen atoms in total. The second-order valence-electron chi connectivity index (χ2n) is 8.69. The maximum absolute atomic E-state index is 13.6. The van der Waals surface area contributed by atoms with Gasteiger partial charge in [0.15, 0.2) is 0 Å². The van der Waals surface area contributed by atoms with Crippen molar-refractivity contribution in [1.29, 1.82) is 0 Å². The van der Waals surface area contributed by atoms with Crippen molar-refractivity contribution in [2.75, 3.05) is 50.3 Å². The van der Waals surface area contributed by atoms with Crippen LogP contribution in [0.4, 0.5) is 11.4 Å². The quantitative estimate of drug-likeness (QED) is 0.147. The number of carbonyl (C=O) groups is 7. The predicted octanol–water partition coefficient (Wildman–Crippen LogP) is -0.460. The molecule has 1 heterocycles. The van der Waals surface area contributed by atoms with Crippen LogP contribution in [0.2, 0.25) is 0 Å². The molecule has 4 N–H and O–H groups in total. The van der Waals surface area contributed by atoms with Crippen LogP contribution in [0.3, 0.4) is 0 Å². The number of methoxy groups -OCH3 is 2. The summed E-state index contributed by atoms with van der Waals surface area (Å²) >= 11 is 0. The lowest BCUT2D eigenvalue weighted by Gasteiger charge is -2.24. The number of benzene rings is 2. The fourth-order valence-corrected chi connectivity index (χ4v) is 3.95. The number of aldehydes is 1. The van der Waals surface area contributed by atoms with Gasteiger partial charge in [0, 0.05) is 6.42 Å². The van der Waals surface area contributed by atoms with E-state index in [9.17, 15) is 38.7 Å². The molecule has 0 aromatic heterocycles. The van der Waals surface area contributed by atoms with E-state index in [0.717, 1.165) is 9.80 Å². The third-order valence-electron chi connectivity index (χ3n) is 5.98. The maximum atomic E-state index is 13.6. The first kappa shape index (κ1) is 33.9. The molecule has 0 spiro atoms. The van der Waals surface area contributed by atoms with Crippen molar-refractivity contribution in [3.8, 4) is 11.5 Å². The summed E-state index contributed by atoms with van der Waals surface area (Å²) in [6, 6.07) is 9.12. The van der Waals surface area contributed by atoms with Crippen LogP contribution in [-0.2, 0) is 28.8 Å². The van der Waals surface area contributed by atoms with E-state index in [1.165, 1.54) is 38.5 Å². The summed E-state index contributed by atoms with van der Waals surface area (Å²) in [4.78, 5) is 87.0. The highest BCUT2D eigenvalue weighted by molar-refractivity contribution is 6.44. The van der Waals surface area contributed by atoms with Crippen LogP contribution in [-0.4, -0.2) is 98.4 Å². The van der Waals surface area contributed by atoms with Gasteiger partial charge in [-0.2, -0.15) is 0 Å². The Hall–Kier alpha value is -5.31. The summed E-state index contributed by atoms with van der Waals surface area (Å²) in [7, 11) is 2.61. The van der Waals surface area contributed by atoms with Gasteiger partial charge in [0.25, 0.3) is 23.5 Å². The number of aliphatic hydroxyl groups excluding tert-OH is 1. The summed E-state index contributed by atoms with van der Waals surface area (Å²) in [5.74, 6) is -5.14. The van der Waals surface area contributed by atoms with Gasteiger partial charge in [-0.15, -0.1) is 0 Å². The number of hydrogen-bond acceptors (Lipinski definition) is 10. The Bertz CT molecular complexity index is 1360. The fourth-order valence-electron chi connectivity index (χ4n) is 3.95. The number of nitrogens with zero attached hydrogens (tertiary/aromatic N) is 2. The molecule has 43 heavy (non-hydrogen) atoms. The highest BCUT2D eigenvalue weighted by Crippen LogP contribution is 2.33. The van der Waals surface area contributed by atoms with Crippen LogP contribution in [0.25, 0.3) is 0 Å². The van der Waals surface area contributed by atoms with Crippen LogP contribution in [0, 0.1) is 0 Å².